The molecule has 0 bridgehead atoms. The van der Waals surface area contributed by atoms with Gasteiger partial charge in [0, 0.05) is 31.9 Å². The van der Waals surface area contributed by atoms with Crippen molar-refractivity contribution >= 4 is 35.9 Å². The zero-order valence-corrected chi connectivity index (χ0v) is 17.6. The average Bonchev–Trinajstić information content (AvgIpc) is 3.04. The molecule has 8 nitrogen and oxygen atoms in total. The summed E-state index contributed by atoms with van der Waals surface area (Å²) < 4.78 is 12.4. The van der Waals surface area contributed by atoms with E-state index in [1.807, 2.05) is 33.3 Å². The molecule has 0 radical (unpaired) electrons. The molecule has 25 heavy (non-hydrogen) atoms. The molecule has 1 fully saturated rings. The van der Waals surface area contributed by atoms with Crippen LogP contribution in [-0.2, 0) is 21.3 Å². The molecule has 0 spiro atoms. The number of halogens is 1. The maximum atomic E-state index is 11.5. The van der Waals surface area contributed by atoms with Crippen LogP contribution in [-0.4, -0.2) is 66.5 Å². The van der Waals surface area contributed by atoms with Gasteiger partial charge in [-0.3, -0.25) is 14.5 Å². The van der Waals surface area contributed by atoms with Crippen LogP contribution >= 0.6 is 24.0 Å². The van der Waals surface area contributed by atoms with Crippen molar-refractivity contribution in [1.82, 2.24) is 20.0 Å². The minimum absolute atomic E-state index is 0. The molecular formula is C16H28IN5O3. The molecule has 0 saturated carbocycles. The van der Waals surface area contributed by atoms with E-state index in [0.29, 0.717) is 19.7 Å². The zero-order valence-electron chi connectivity index (χ0n) is 15.3. The summed E-state index contributed by atoms with van der Waals surface area (Å²) in [5, 5.41) is 7.50. The fourth-order valence-corrected chi connectivity index (χ4v) is 2.57. The molecule has 1 aliphatic rings. The predicted octanol–water partition coefficient (Wildman–Crippen LogP) is 1.19. The summed E-state index contributed by atoms with van der Waals surface area (Å²) in [5.74, 6) is 0.286. The fourth-order valence-electron chi connectivity index (χ4n) is 2.57. The summed E-state index contributed by atoms with van der Waals surface area (Å²) in [6, 6.07) is 0. The zero-order chi connectivity index (χ0) is 17.5. The summed E-state index contributed by atoms with van der Waals surface area (Å²) in [6.45, 7) is 7.08. The van der Waals surface area contributed by atoms with Gasteiger partial charge in [-0.2, -0.15) is 5.10 Å². The standard InChI is InChI=1S/C16H27N5O3.HI/c1-5-17-16(18-8-12(2)15(22)23-4)21-6-7-24-14(11-21)13-9-19-20(3)10-13;/h9-10,12,14H,5-8,11H2,1-4H3,(H,17,18);1H. The van der Waals surface area contributed by atoms with Gasteiger partial charge in [-0.25, -0.2) is 0 Å². The second kappa shape index (κ2) is 10.6. The molecule has 0 aromatic carbocycles. The Kier molecular flexibility index (Phi) is 9.19. The van der Waals surface area contributed by atoms with Crippen LogP contribution in [0.4, 0.5) is 0 Å². The van der Waals surface area contributed by atoms with Gasteiger partial charge < -0.3 is 19.7 Å². The molecular weight excluding hydrogens is 437 g/mol. The quantitative estimate of drug-likeness (QED) is 0.305. The lowest BCUT2D eigenvalue weighted by Gasteiger charge is -2.35. The van der Waals surface area contributed by atoms with Gasteiger partial charge in [0.15, 0.2) is 5.96 Å². The number of nitrogens with one attached hydrogen (secondary N) is 1. The van der Waals surface area contributed by atoms with Crippen LogP contribution in [0.2, 0.25) is 0 Å². The van der Waals surface area contributed by atoms with Gasteiger partial charge >= 0.3 is 5.97 Å². The van der Waals surface area contributed by atoms with E-state index >= 15 is 0 Å². The molecule has 2 unspecified atom stereocenters. The van der Waals surface area contributed by atoms with E-state index in [2.05, 4.69) is 20.3 Å². The smallest absolute Gasteiger partial charge is 0.310 e. The molecule has 1 aromatic heterocycles. The van der Waals surface area contributed by atoms with Crippen LogP contribution in [0.15, 0.2) is 17.4 Å². The topological polar surface area (TPSA) is 81.0 Å². The summed E-state index contributed by atoms with van der Waals surface area (Å²) >= 11 is 0. The third-order valence-electron chi connectivity index (χ3n) is 3.92. The maximum Gasteiger partial charge on any atom is 0.310 e. The Hall–Kier alpha value is -1.36. The van der Waals surface area contributed by atoms with Crippen LogP contribution in [0, 0.1) is 5.92 Å². The molecule has 1 aromatic rings. The van der Waals surface area contributed by atoms with Gasteiger partial charge in [0.2, 0.25) is 0 Å². The Bertz CT molecular complexity index is 578. The lowest BCUT2D eigenvalue weighted by atomic mass is 10.1. The number of aromatic nitrogens is 2. The average molecular weight is 465 g/mol. The van der Waals surface area contributed by atoms with E-state index in [1.165, 1.54) is 7.11 Å². The van der Waals surface area contributed by atoms with Crippen molar-refractivity contribution in [2.24, 2.45) is 18.0 Å². The van der Waals surface area contributed by atoms with Crippen LogP contribution < -0.4 is 5.32 Å². The number of ether oxygens (including phenoxy) is 2. The van der Waals surface area contributed by atoms with Crippen molar-refractivity contribution in [3.63, 3.8) is 0 Å². The third-order valence-corrected chi connectivity index (χ3v) is 3.92. The summed E-state index contributed by atoms with van der Waals surface area (Å²) in [6.07, 6.45) is 3.77. The van der Waals surface area contributed by atoms with Gasteiger partial charge in [-0.1, -0.05) is 6.92 Å². The molecule has 1 saturated heterocycles. The minimum atomic E-state index is -0.265. The molecule has 2 rings (SSSR count). The number of hydrogen-bond donors (Lipinski definition) is 1. The van der Waals surface area contributed by atoms with E-state index in [4.69, 9.17) is 9.47 Å². The predicted molar refractivity (Wildman–Crippen MR) is 106 cm³/mol. The van der Waals surface area contributed by atoms with Gasteiger partial charge in [-0.05, 0) is 6.92 Å². The Morgan fingerprint density at radius 3 is 2.96 bits per heavy atom. The Morgan fingerprint density at radius 1 is 1.60 bits per heavy atom. The van der Waals surface area contributed by atoms with Crippen LogP contribution in [0.1, 0.15) is 25.5 Å². The van der Waals surface area contributed by atoms with E-state index in [1.54, 1.807) is 4.68 Å². The Labute approximate surface area is 166 Å². The van der Waals surface area contributed by atoms with Crippen molar-refractivity contribution in [2.45, 2.75) is 20.0 Å². The number of morpholine rings is 1. The Balaban J connectivity index is 0.00000312. The van der Waals surface area contributed by atoms with Crippen molar-refractivity contribution in [3.05, 3.63) is 18.0 Å². The highest BCUT2D eigenvalue weighted by atomic mass is 127. The SMILES string of the molecule is CCNC(=NCC(C)C(=O)OC)N1CCOC(c2cnn(C)c2)C1.I. The monoisotopic (exact) mass is 465 g/mol. The highest BCUT2D eigenvalue weighted by molar-refractivity contribution is 14.0. The summed E-state index contributed by atoms with van der Waals surface area (Å²) in [7, 11) is 3.29. The van der Waals surface area contributed by atoms with E-state index in [-0.39, 0.29) is 42.0 Å². The largest absolute Gasteiger partial charge is 0.469 e. The molecule has 0 aliphatic carbocycles. The Morgan fingerprint density at radius 2 is 2.36 bits per heavy atom. The van der Waals surface area contributed by atoms with Crippen LogP contribution in [0.25, 0.3) is 0 Å². The fraction of sp³-hybridized carbons (Fsp3) is 0.688. The molecule has 1 aliphatic heterocycles. The second-order valence-corrected chi connectivity index (χ2v) is 5.87. The maximum absolute atomic E-state index is 11.5. The summed E-state index contributed by atoms with van der Waals surface area (Å²) in [4.78, 5) is 18.3. The lowest BCUT2D eigenvalue weighted by Crippen LogP contribution is -2.48. The number of aliphatic imine (C=N–C) groups is 1. The second-order valence-electron chi connectivity index (χ2n) is 5.87. The first-order valence-electron chi connectivity index (χ1n) is 8.26. The number of carbonyl (C=O) groups excluding carboxylic acids is 1. The van der Waals surface area contributed by atoms with Crippen LogP contribution in [0.3, 0.4) is 0 Å². The number of rotatable bonds is 5. The van der Waals surface area contributed by atoms with E-state index in [9.17, 15) is 4.79 Å². The van der Waals surface area contributed by atoms with Crippen molar-refractivity contribution in [1.29, 1.82) is 0 Å². The number of esters is 1. The third kappa shape index (κ3) is 6.14. The molecule has 2 heterocycles. The highest BCUT2D eigenvalue weighted by Crippen LogP contribution is 2.21. The minimum Gasteiger partial charge on any atom is -0.469 e. The number of guanidine groups is 1. The van der Waals surface area contributed by atoms with Crippen molar-refractivity contribution in [2.75, 3.05) is 39.9 Å². The van der Waals surface area contributed by atoms with Crippen LogP contribution in [0.5, 0.6) is 0 Å². The molecule has 0 amide bonds. The van der Waals surface area contributed by atoms with Crippen molar-refractivity contribution in [3.8, 4) is 0 Å². The highest BCUT2D eigenvalue weighted by Gasteiger charge is 2.25. The molecule has 1 N–H and O–H groups in total. The summed E-state index contributed by atoms with van der Waals surface area (Å²) in [5.41, 5.74) is 1.06. The number of methoxy groups -OCH3 is 1. The van der Waals surface area contributed by atoms with Crippen molar-refractivity contribution < 1.29 is 14.3 Å². The first kappa shape index (κ1) is 21.7. The molecule has 9 heteroatoms. The normalized spacial score (nSPS) is 19.1. The van der Waals surface area contributed by atoms with E-state index < -0.39 is 0 Å². The van der Waals surface area contributed by atoms with Gasteiger partial charge in [0.05, 0.1) is 38.9 Å². The first-order chi connectivity index (χ1) is 11.5. The molecule has 142 valence electrons. The van der Waals surface area contributed by atoms with E-state index in [0.717, 1.165) is 24.6 Å². The van der Waals surface area contributed by atoms with Gasteiger partial charge in [0.1, 0.15) is 6.10 Å². The number of nitrogens with zero attached hydrogens (tertiary/aromatic N) is 4. The lowest BCUT2D eigenvalue weighted by molar-refractivity contribution is -0.144. The molecule has 2 atom stereocenters. The number of hydrogen-bond acceptors (Lipinski definition) is 5. The van der Waals surface area contributed by atoms with Gasteiger partial charge in [-0.15, -0.1) is 24.0 Å². The first-order valence-corrected chi connectivity index (χ1v) is 8.26. The number of aryl methyl sites for hydroxylation is 1. The van der Waals surface area contributed by atoms with Gasteiger partial charge in [0.25, 0.3) is 0 Å². The number of carbonyl (C=O) groups is 1.